The Labute approximate surface area is 143 Å². The number of carbonyl (C=O) groups excluding carboxylic acids is 2. The third-order valence-corrected chi connectivity index (χ3v) is 4.57. The molecule has 5 nitrogen and oxygen atoms in total. The Morgan fingerprint density at radius 2 is 1.79 bits per heavy atom. The maximum absolute atomic E-state index is 12.9. The fourth-order valence-electron chi connectivity index (χ4n) is 3.46. The molecule has 1 aliphatic heterocycles. The Balaban J connectivity index is 2.13. The van der Waals surface area contributed by atoms with Crippen molar-refractivity contribution in [3.05, 3.63) is 34.4 Å². The lowest BCUT2D eigenvalue weighted by Crippen LogP contribution is -2.43. The predicted molar refractivity (Wildman–Crippen MR) is 91.8 cm³/mol. The summed E-state index contributed by atoms with van der Waals surface area (Å²) in [6.45, 7) is 10.1. The van der Waals surface area contributed by atoms with E-state index in [0.717, 1.165) is 23.1 Å². The minimum absolute atomic E-state index is 0.00986. The van der Waals surface area contributed by atoms with Crippen LogP contribution in [-0.4, -0.2) is 35.8 Å². The molecule has 2 rings (SSSR count). The first-order valence-corrected chi connectivity index (χ1v) is 8.54. The molecule has 0 spiro atoms. The van der Waals surface area contributed by atoms with Crippen LogP contribution < -0.4 is 0 Å². The molecule has 132 valence electrons. The number of likely N-dealkylation sites (tertiary alicyclic amines) is 1. The molecule has 1 aromatic rings. The summed E-state index contributed by atoms with van der Waals surface area (Å²) < 4.78 is 10.2. The van der Waals surface area contributed by atoms with Gasteiger partial charge in [0.25, 0.3) is 0 Å². The van der Waals surface area contributed by atoms with Crippen LogP contribution in [0.5, 0.6) is 0 Å². The van der Waals surface area contributed by atoms with Gasteiger partial charge in [0.1, 0.15) is 0 Å². The highest BCUT2D eigenvalue weighted by Gasteiger charge is 2.37. The number of carbonyl (C=O) groups is 2. The fourth-order valence-corrected chi connectivity index (χ4v) is 3.46. The molecule has 2 unspecified atom stereocenters. The van der Waals surface area contributed by atoms with Gasteiger partial charge in [0.05, 0.1) is 13.0 Å². The highest BCUT2D eigenvalue weighted by atomic mass is 16.7. The summed E-state index contributed by atoms with van der Waals surface area (Å²) in [5, 5.41) is 0. The first-order chi connectivity index (χ1) is 11.3. The van der Waals surface area contributed by atoms with Crippen molar-refractivity contribution in [1.82, 2.24) is 4.90 Å². The van der Waals surface area contributed by atoms with Crippen LogP contribution in [0, 0.1) is 20.8 Å². The van der Waals surface area contributed by atoms with Crippen LogP contribution in [0.3, 0.4) is 0 Å². The largest absolute Gasteiger partial charge is 0.510 e. The van der Waals surface area contributed by atoms with Crippen LogP contribution in [0.15, 0.2) is 12.1 Å². The first kappa shape index (κ1) is 18.3. The Kier molecular flexibility index (Phi) is 5.86. The van der Waals surface area contributed by atoms with E-state index < -0.39 is 12.4 Å². The number of nitrogens with zero attached hydrogens (tertiary/aromatic N) is 1. The Bertz CT molecular complexity index is 603. The molecule has 1 aliphatic rings. The highest BCUT2D eigenvalue weighted by Crippen LogP contribution is 2.27. The molecule has 0 bridgehead atoms. The van der Waals surface area contributed by atoms with Gasteiger partial charge in [-0.25, -0.2) is 4.79 Å². The minimum Gasteiger partial charge on any atom is -0.435 e. The monoisotopic (exact) mass is 333 g/mol. The quantitative estimate of drug-likeness (QED) is 0.789. The van der Waals surface area contributed by atoms with E-state index in [9.17, 15) is 9.59 Å². The molecule has 5 heteroatoms. The summed E-state index contributed by atoms with van der Waals surface area (Å²) in [5.74, 6) is -0.00986. The Morgan fingerprint density at radius 1 is 1.17 bits per heavy atom. The molecule has 0 N–H and O–H groups in total. The van der Waals surface area contributed by atoms with Crippen molar-refractivity contribution in [1.29, 1.82) is 0 Å². The predicted octanol–water partition coefficient (Wildman–Crippen LogP) is 3.66. The van der Waals surface area contributed by atoms with Gasteiger partial charge in [0.15, 0.2) is 6.23 Å². The van der Waals surface area contributed by atoms with Crippen LogP contribution in [0.25, 0.3) is 0 Å². The van der Waals surface area contributed by atoms with E-state index in [4.69, 9.17) is 9.47 Å². The lowest BCUT2D eigenvalue weighted by molar-refractivity contribution is -0.141. The van der Waals surface area contributed by atoms with Crippen molar-refractivity contribution in [3.63, 3.8) is 0 Å². The number of hydrogen-bond donors (Lipinski definition) is 0. The third-order valence-electron chi connectivity index (χ3n) is 4.57. The molecular weight excluding hydrogens is 306 g/mol. The zero-order valence-electron chi connectivity index (χ0n) is 15.2. The molecule has 1 amide bonds. The molecule has 0 aliphatic carbocycles. The average molecular weight is 333 g/mol. The zero-order chi connectivity index (χ0) is 17.9. The van der Waals surface area contributed by atoms with Crippen molar-refractivity contribution >= 4 is 12.1 Å². The van der Waals surface area contributed by atoms with Gasteiger partial charge in [0, 0.05) is 12.5 Å². The van der Waals surface area contributed by atoms with E-state index in [1.807, 2.05) is 20.8 Å². The van der Waals surface area contributed by atoms with Gasteiger partial charge in [-0.1, -0.05) is 17.7 Å². The fraction of sp³-hybridized carbons (Fsp3) is 0.579. The molecule has 1 aromatic carbocycles. The van der Waals surface area contributed by atoms with Gasteiger partial charge in [-0.15, -0.1) is 0 Å². The van der Waals surface area contributed by atoms with E-state index in [2.05, 4.69) is 19.1 Å². The molecule has 24 heavy (non-hydrogen) atoms. The first-order valence-electron chi connectivity index (χ1n) is 8.54. The average Bonchev–Trinajstić information content (AvgIpc) is 2.83. The van der Waals surface area contributed by atoms with E-state index in [1.165, 1.54) is 5.56 Å². The lowest BCUT2D eigenvalue weighted by Gasteiger charge is -2.28. The highest BCUT2D eigenvalue weighted by molar-refractivity contribution is 5.80. The van der Waals surface area contributed by atoms with Crippen molar-refractivity contribution in [2.24, 2.45) is 0 Å². The summed E-state index contributed by atoms with van der Waals surface area (Å²) in [6, 6.07) is 4.24. The number of ether oxygens (including phenoxy) is 2. The SMILES string of the molecule is CCOC(=O)OC1CCC(C)N1C(=O)Cc1c(C)cc(C)cc1C. The Morgan fingerprint density at radius 3 is 2.38 bits per heavy atom. The summed E-state index contributed by atoms with van der Waals surface area (Å²) in [6.07, 6.45) is 0.555. The van der Waals surface area contributed by atoms with Gasteiger partial charge in [-0.3, -0.25) is 4.79 Å². The van der Waals surface area contributed by atoms with Crippen molar-refractivity contribution in [2.75, 3.05) is 6.61 Å². The van der Waals surface area contributed by atoms with Gasteiger partial charge in [-0.05, 0) is 57.7 Å². The summed E-state index contributed by atoms with van der Waals surface area (Å²) in [4.78, 5) is 26.1. The minimum atomic E-state index is -0.711. The van der Waals surface area contributed by atoms with Crippen molar-refractivity contribution in [3.8, 4) is 0 Å². The van der Waals surface area contributed by atoms with Crippen LogP contribution in [-0.2, 0) is 20.7 Å². The summed E-state index contributed by atoms with van der Waals surface area (Å²) >= 11 is 0. The van der Waals surface area contributed by atoms with Crippen LogP contribution in [0.1, 0.15) is 48.9 Å². The summed E-state index contributed by atoms with van der Waals surface area (Å²) in [5.41, 5.74) is 4.49. The topological polar surface area (TPSA) is 55.8 Å². The van der Waals surface area contributed by atoms with Gasteiger partial charge >= 0.3 is 6.16 Å². The smallest absolute Gasteiger partial charge is 0.435 e. The molecule has 0 aromatic heterocycles. The van der Waals surface area contributed by atoms with Crippen LogP contribution in [0.2, 0.25) is 0 Å². The molecule has 1 heterocycles. The van der Waals surface area contributed by atoms with E-state index in [1.54, 1.807) is 11.8 Å². The van der Waals surface area contributed by atoms with Gasteiger partial charge in [-0.2, -0.15) is 0 Å². The standard InChI is InChI=1S/C19H27NO4/c1-6-23-19(22)24-18-8-7-15(5)20(18)17(21)11-16-13(3)9-12(2)10-14(16)4/h9-10,15,18H,6-8,11H2,1-5H3. The van der Waals surface area contributed by atoms with E-state index in [-0.39, 0.29) is 18.6 Å². The van der Waals surface area contributed by atoms with Crippen LogP contribution >= 0.6 is 0 Å². The lowest BCUT2D eigenvalue weighted by atomic mass is 9.97. The van der Waals surface area contributed by atoms with E-state index >= 15 is 0 Å². The molecule has 1 fully saturated rings. The normalized spacial score (nSPS) is 20.1. The second kappa shape index (κ2) is 7.69. The molecule has 1 saturated heterocycles. The molecular formula is C19H27NO4. The van der Waals surface area contributed by atoms with Gasteiger partial charge in [0.2, 0.25) is 5.91 Å². The van der Waals surface area contributed by atoms with Crippen LogP contribution in [0.4, 0.5) is 4.79 Å². The zero-order valence-corrected chi connectivity index (χ0v) is 15.2. The second-order valence-electron chi connectivity index (χ2n) is 6.54. The molecule has 0 saturated carbocycles. The van der Waals surface area contributed by atoms with Crippen molar-refractivity contribution < 1.29 is 19.1 Å². The Hall–Kier alpha value is -2.04. The second-order valence-corrected chi connectivity index (χ2v) is 6.54. The van der Waals surface area contributed by atoms with Gasteiger partial charge < -0.3 is 14.4 Å². The number of benzene rings is 1. The van der Waals surface area contributed by atoms with E-state index in [0.29, 0.717) is 12.8 Å². The maximum Gasteiger partial charge on any atom is 0.510 e. The molecule has 0 radical (unpaired) electrons. The number of rotatable bonds is 4. The third kappa shape index (κ3) is 4.08. The summed E-state index contributed by atoms with van der Waals surface area (Å²) in [7, 11) is 0. The number of amides is 1. The maximum atomic E-state index is 12.9. The molecule has 2 atom stereocenters. The number of hydrogen-bond acceptors (Lipinski definition) is 4. The van der Waals surface area contributed by atoms with Crippen molar-refractivity contribution in [2.45, 2.75) is 66.2 Å². The number of aryl methyl sites for hydroxylation is 3.